The lowest BCUT2D eigenvalue weighted by atomic mass is 10.1. The van der Waals surface area contributed by atoms with Crippen molar-refractivity contribution in [2.45, 2.75) is 19.5 Å². The SMILES string of the molecule is O=C(Cc1cccc(N(Cc2ccccc2)C(=O)C=Cc2ccccc2)c1)NCc1ccc2c(c1)OCO2. The van der Waals surface area contributed by atoms with Gasteiger partial charge in [0.05, 0.1) is 13.0 Å². The largest absolute Gasteiger partial charge is 0.454 e. The summed E-state index contributed by atoms with van der Waals surface area (Å²) in [7, 11) is 0. The molecule has 1 aliphatic rings. The molecule has 1 aliphatic heterocycles. The number of fused-ring (bicyclic) bond motifs is 1. The van der Waals surface area contributed by atoms with E-state index in [-0.39, 0.29) is 25.0 Å². The van der Waals surface area contributed by atoms with Crippen molar-refractivity contribution in [3.05, 3.63) is 131 Å². The van der Waals surface area contributed by atoms with Crippen LogP contribution in [0, 0.1) is 0 Å². The van der Waals surface area contributed by atoms with Gasteiger partial charge >= 0.3 is 0 Å². The maximum Gasteiger partial charge on any atom is 0.251 e. The lowest BCUT2D eigenvalue weighted by Gasteiger charge is -2.22. The maximum atomic E-state index is 13.3. The predicted molar refractivity (Wildman–Crippen MR) is 148 cm³/mol. The molecule has 0 aliphatic carbocycles. The van der Waals surface area contributed by atoms with Crippen LogP contribution in [0.2, 0.25) is 0 Å². The average Bonchev–Trinajstić information content (AvgIpc) is 3.43. The molecule has 4 aromatic rings. The van der Waals surface area contributed by atoms with Crippen molar-refractivity contribution in [3.63, 3.8) is 0 Å². The topological polar surface area (TPSA) is 67.9 Å². The maximum absolute atomic E-state index is 13.3. The van der Waals surface area contributed by atoms with E-state index in [1.54, 1.807) is 11.0 Å². The average molecular weight is 505 g/mol. The number of rotatable bonds is 9. The van der Waals surface area contributed by atoms with E-state index in [4.69, 9.17) is 9.47 Å². The summed E-state index contributed by atoms with van der Waals surface area (Å²) >= 11 is 0. The molecule has 0 radical (unpaired) electrons. The fourth-order valence-electron chi connectivity index (χ4n) is 4.22. The predicted octanol–water partition coefficient (Wildman–Crippen LogP) is 5.52. The summed E-state index contributed by atoms with van der Waals surface area (Å²) in [6.45, 7) is 1.02. The van der Waals surface area contributed by atoms with E-state index in [0.717, 1.165) is 27.9 Å². The number of ether oxygens (including phenoxy) is 2. The summed E-state index contributed by atoms with van der Waals surface area (Å²) in [6, 6.07) is 32.8. The van der Waals surface area contributed by atoms with Crippen LogP contribution in [0.1, 0.15) is 22.3 Å². The van der Waals surface area contributed by atoms with E-state index in [1.807, 2.05) is 109 Å². The Morgan fingerprint density at radius 3 is 2.32 bits per heavy atom. The summed E-state index contributed by atoms with van der Waals surface area (Å²) in [4.78, 5) is 27.8. The van der Waals surface area contributed by atoms with Crippen molar-refractivity contribution < 1.29 is 19.1 Å². The highest BCUT2D eigenvalue weighted by atomic mass is 16.7. The summed E-state index contributed by atoms with van der Waals surface area (Å²) in [5.74, 6) is 1.16. The van der Waals surface area contributed by atoms with Crippen molar-refractivity contribution in [1.82, 2.24) is 5.32 Å². The van der Waals surface area contributed by atoms with E-state index in [2.05, 4.69) is 5.32 Å². The molecule has 6 heteroatoms. The monoisotopic (exact) mass is 504 g/mol. The molecule has 0 aromatic heterocycles. The van der Waals surface area contributed by atoms with Gasteiger partial charge in [-0.3, -0.25) is 9.59 Å². The lowest BCUT2D eigenvalue weighted by molar-refractivity contribution is -0.120. The number of nitrogens with zero attached hydrogens (tertiary/aromatic N) is 1. The van der Waals surface area contributed by atoms with Crippen LogP contribution < -0.4 is 19.7 Å². The van der Waals surface area contributed by atoms with Gasteiger partial charge in [-0.05, 0) is 52.6 Å². The molecule has 190 valence electrons. The van der Waals surface area contributed by atoms with Gasteiger partial charge < -0.3 is 19.7 Å². The highest BCUT2D eigenvalue weighted by molar-refractivity contribution is 6.03. The Morgan fingerprint density at radius 2 is 1.50 bits per heavy atom. The molecule has 5 rings (SSSR count). The Hall–Kier alpha value is -4.84. The first kappa shape index (κ1) is 24.8. The zero-order chi connectivity index (χ0) is 26.2. The van der Waals surface area contributed by atoms with E-state index in [0.29, 0.717) is 24.6 Å². The molecule has 0 bridgehead atoms. The number of nitrogens with one attached hydrogen (secondary N) is 1. The zero-order valence-corrected chi connectivity index (χ0v) is 20.9. The van der Waals surface area contributed by atoms with Gasteiger partial charge in [-0.2, -0.15) is 0 Å². The molecular formula is C32H28N2O4. The fraction of sp³-hybridized carbons (Fsp3) is 0.125. The lowest BCUT2D eigenvalue weighted by Crippen LogP contribution is -2.29. The molecule has 38 heavy (non-hydrogen) atoms. The third-order valence-electron chi connectivity index (χ3n) is 6.18. The molecule has 0 spiro atoms. The van der Waals surface area contributed by atoms with Crippen LogP contribution in [0.5, 0.6) is 11.5 Å². The van der Waals surface area contributed by atoms with Crippen molar-refractivity contribution in [1.29, 1.82) is 0 Å². The normalized spacial score (nSPS) is 11.9. The van der Waals surface area contributed by atoms with Crippen molar-refractivity contribution in [3.8, 4) is 11.5 Å². The molecule has 1 N–H and O–H groups in total. The second-order valence-corrected chi connectivity index (χ2v) is 8.97. The van der Waals surface area contributed by atoms with Crippen molar-refractivity contribution in [2.24, 2.45) is 0 Å². The van der Waals surface area contributed by atoms with E-state index < -0.39 is 0 Å². The van der Waals surface area contributed by atoms with Crippen LogP contribution in [0.15, 0.2) is 109 Å². The number of hydrogen-bond acceptors (Lipinski definition) is 4. The third kappa shape index (κ3) is 6.48. The molecule has 4 aromatic carbocycles. The second-order valence-electron chi connectivity index (χ2n) is 8.97. The number of carbonyl (C=O) groups excluding carboxylic acids is 2. The van der Waals surface area contributed by atoms with E-state index in [1.165, 1.54) is 0 Å². The zero-order valence-electron chi connectivity index (χ0n) is 20.9. The smallest absolute Gasteiger partial charge is 0.251 e. The number of anilines is 1. The van der Waals surface area contributed by atoms with Crippen LogP contribution in [0.3, 0.4) is 0 Å². The van der Waals surface area contributed by atoms with E-state index in [9.17, 15) is 9.59 Å². The minimum Gasteiger partial charge on any atom is -0.454 e. The van der Waals surface area contributed by atoms with Gasteiger partial charge in [0.15, 0.2) is 11.5 Å². The molecular weight excluding hydrogens is 476 g/mol. The Labute approximate surface area is 222 Å². The van der Waals surface area contributed by atoms with Gasteiger partial charge in [0, 0.05) is 18.3 Å². The highest BCUT2D eigenvalue weighted by Gasteiger charge is 2.16. The van der Waals surface area contributed by atoms with Gasteiger partial charge in [0.25, 0.3) is 5.91 Å². The summed E-state index contributed by atoms with van der Waals surface area (Å²) in [6.07, 6.45) is 3.60. The van der Waals surface area contributed by atoms with Gasteiger partial charge in [0.1, 0.15) is 0 Å². The minimum absolute atomic E-state index is 0.107. The molecule has 6 nitrogen and oxygen atoms in total. The third-order valence-corrected chi connectivity index (χ3v) is 6.18. The van der Waals surface area contributed by atoms with Gasteiger partial charge in [-0.25, -0.2) is 0 Å². The first-order chi connectivity index (χ1) is 18.6. The Morgan fingerprint density at radius 1 is 0.763 bits per heavy atom. The number of amides is 2. The minimum atomic E-state index is -0.137. The quantitative estimate of drug-likeness (QED) is 0.305. The van der Waals surface area contributed by atoms with Crippen LogP contribution >= 0.6 is 0 Å². The molecule has 0 atom stereocenters. The number of carbonyl (C=O) groups is 2. The van der Waals surface area contributed by atoms with Crippen LogP contribution in [0.25, 0.3) is 6.08 Å². The standard InChI is InChI=1S/C32H28N2O4/c35-31(33-21-27-14-16-29-30(19-27)38-23-37-29)20-26-12-7-13-28(18-26)34(22-25-10-5-2-6-11-25)32(36)17-15-24-8-3-1-4-9-24/h1-19H,20-23H2,(H,33,35). The number of hydrogen-bond donors (Lipinski definition) is 1. The Bertz CT molecular complexity index is 1430. The van der Waals surface area contributed by atoms with Crippen molar-refractivity contribution >= 4 is 23.6 Å². The number of benzene rings is 4. The molecule has 0 saturated heterocycles. The van der Waals surface area contributed by atoms with Gasteiger partial charge in [-0.1, -0.05) is 78.9 Å². The molecule has 1 heterocycles. The fourth-order valence-corrected chi connectivity index (χ4v) is 4.22. The summed E-state index contributed by atoms with van der Waals surface area (Å²) in [5.41, 5.74) is 4.46. The highest BCUT2D eigenvalue weighted by Crippen LogP contribution is 2.32. The second kappa shape index (κ2) is 11.9. The Kier molecular flexibility index (Phi) is 7.80. The molecule has 2 amide bonds. The molecule has 0 unspecified atom stereocenters. The van der Waals surface area contributed by atoms with Crippen LogP contribution in [-0.2, 0) is 29.1 Å². The molecule has 0 fully saturated rings. The van der Waals surface area contributed by atoms with Crippen LogP contribution in [-0.4, -0.2) is 18.6 Å². The van der Waals surface area contributed by atoms with Gasteiger partial charge in [0.2, 0.25) is 12.7 Å². The molecule has 0 saturated carbocycles. The summed E-state index contributed by atoms with van der Waals surface area (Å²) in [5, 5.41) is 2.96. The van der Waals surface area contributed by atoms with E-state index >= 15 is 0 Å². The first-order valence-electron chi connectivity index (χ1n) is 12.5. The van der Waals surface area contributed by atoms with Gasteiger partial charge in [-0.15, -0.1) is 0 Å². The first-order valence-corrected chi connectivity index (χ1v) is 12.5. The van der Waals surface area contributed by atoms with Crippen LogP contribution in [0.4, 0.5) is 5.69 Å². The van der Waals surface area contributed by atoms with Crippen molar-refractivity contribution in [2.75, 3.05) is 11.7 Å². The summed E-state index contributed by atoms with van der Waals surface area (Å²) < 4.78 is 10.7. The Balaban J connectivity index is 1.28.